The molecule has 0 saturated heterocycles. The van der Waals surface area contributed by atoms with E-state index in [2.05, 4.69) is 5.32 Å². The molecule has 7 heteroatoms. The third-order valence-corrected chi connectivity index (χ3v) is 4.12. The van der Waals surface area contributed by atoms with Crippen LogP contribution in [0.2, 0.25) is 0 Å². The third kappa shape index (κ3) is 3.66. The minimum absolute atomic E-state index is 0.149. The molecule has 3 N–H and O–H groups in total. The molecule has 0 radical (unpaired) electrons. The average molecular weight is 353 g/mol. The SMILES string of the molecule is CC1C(=O)Nc2ccccc2N1C(=O)COc1ccc(CC(N)=O)cc1. The second-order valence-corrected chi connectivity index (χ2v) is 6.02. The van der Waals surface area contributed by atoms with Crippen LogP contribution in [0, 0.1) is 0 Å². The molecular weight excluding hydrogens is 334 g/mol. The molecule has 1 atom stereocenters. The molecule has 0 fully saturated rings. The topological polar surface area (TPSA) is 102 Å². The lowest BCUT2D eigenvalue weighted by Gasteiger charge is -2.34. The molecule has 1 aliphatic heterocycles. The standard InChI is InChI=1S/C19H19N3O4/c1-12-19(25)21-15-4-2-3-5-16(15)22(12)18(24)11-26-14-8-6-13(7-9-14)10-17(20)23/h2-9,12H,10-11H2,1H3,(H2,20,23)(H,21,25). The monoisotopic (exact) mass is 353 g/mol. The quantitative estimate of drug-likeness (QED) is 0.850. The fourth-order valence-corrected chi connectivity index (χ4v) is 2.82. The van der Waals surface area contributed by atoms with Gasteiger partial charge in [-0.25, -0.2) is 0 Å². The number of ether oxygens (including phenoxy) is 1. The van der Waals surface area contributed by atoms with Crippen LogP contribution < -0.4 is 20.7 Å². The Balaban J connectivity index is 1.70. The lowest BCUT2D eigenvalue weighted by Crippen LogP contribution is -2.50. The Kier molecular flexibility index (Phi) is 4.88. The highest BCUT2D eigenvalue weighted by molar-refractivity contribution is 6.12. The molecule has 1 unspecified atom stereocenters. The van der Waals surface area contributed by atoms with E-state index in [1.165, 1.54) is 4.90 Å². The number of hydrogen-bond donors (Lipinski definition) is 2. The number of carbonyl (C=O) groups is 3. The molecule has 0 spiro atoms. The molecule has 3 amide bonds. The fourth-order valence-electron chi connectivity index (χ4n) is 2.82. The van der Waals surface area contributed by atoms with E-state index in [0.717, 1.165) is 5.56 Å². The fraction of sp³-hybridized carbons (Fsp3) is 0.211. The number of nitrogens with zero attached hydrogens (tertiary/aromatic N) is 1. The van der Waals surface area contributed by atoms with Crippen molar-refractivity contribution in [1.29, 1.82) is 0 Å². The van der Waals surface area contributed by atoms with Gasteiger partial charge in [0.2, 0.25) is 11.8 Å². The molecule has 2 aromatic rings. The van der Waals surface area contributed by atoms with Crippen LogP contribution in [-0.4, -0.2) is 30.4 Å². The van der Waals surface area contributed by atoms with Gasteiger partial charge >= 0.3 is 0 Å². The summed E-state index contributed by atoms with van der Waals surface area (Å²) in [5, 5.41) is 2.78. The van der Waals surface area contributed by atoms with Crippen LogP contribution in [0.5, 0.6) is 5.75 Å². The Bertz CT molecular complexity index is 848. The summed E-state index contributed by atoms with van der Waals surface area (Å²) in [5.74, 6) is -0.479. The molecule has 1 aliphatic rings. The van der Waals surface area contributed by atoms with Gasteiger partial charge in [-0.3, -0.25) is 19.3 Å². The lowest BCUT2D eigenvalue weighted by atomic mass is 10.1. The second kappa shape index (κ2) is 7.26. The Morgan fingerprint density at radius 1 is 1.15 bits per heavy atom. The van der Waals surface area contributed by atoms with E-state index in [1.54, 1.807) is 49.4 Å². The molecule has 1 heterocycles. The van der Waals surface area contributed by atoms with Crippen molar-refractivity contribution in [3.8, 4) is 5.75 Å². The van der Waals surface area contributed by atoms with E-state index >= 15 is 0 Å². The predicted molar refractivity (Wildman–Crippen MR) is 96.9 cm³/mol. The van der Waals surface area contributed by atoms with Gasteiger partial charge in [-0.2, -0.15) is 0 Å². The Morgan fingerprint density at radius 2 is 1.85 bits per heavy atom. The van der Waals surface area contributed by atoms with Crippen LogP contribution in [-0.2, 0) is 20.8 Å². The van der Waals surface area contributed by atoms with Gasteiger partial charge in [0.25, 0.3) is 5.91 Å². The molecule has 134 valence electrons. The number of anilines is 2. The van der Waals surface area contributed by atoms with Crippen molar-refractivity contribution in [3.63, 3.8) is 0 Å². The van der Waals surface area contributed by atoms with Crippen molar-refractivity contribution in [1.82, 2.24) is 0 Å². The average Bonchev–Trinajstić information content (AvgIpc) is 2.61. The summed E-state index contributed by atoms with van der Waals surface area (Å²) in [6.07, 6.45) is 0.149. The van der Waals surface area contributed by atoms with Gasteiger partial charge < -0.3 is 15.8 Å². The summed E-state index contributed by atoms with van der Waals surface area (Å²) in [5.41, 5.74) is 7.16. The highest BCUT2D eigenvalue weighted by atomic mass is 16.5. The van der Waals surface area contributed by atoms with Crippen LogP contribution >= 0.6 is 0 Å². The highest BCUT2D eigenvalue weighted by Crippen LogP contribution is 2.31. The number of para-hydroxylation sites is 2. The van der Waals surface area contributed by atoms with Gasteiger partial charge in [-0.1, -0.05) is 24.3 Å². The summed E-state index contributed by atoms with van der Waals surface area (Å²) in [4.78, 5) is 37.1. The first-order valence-corrected chi connectivity index (χ1v) is 8.17. The van der Waals surface area contributed by atoms with Crippen LogP contribution in [0.3, 0.4) is 0 Å². The van der Waals surface area contributed by atoms with Crippen molar-refractivity contribution >= 4 is 29.1 Å². The largest absolute Gasteiger partial charge is 0.484 e. The Morgan fingerprint density at radius 3 is 2.54 bits per heavy atom. The normalized spacial score (nSPS) is 15.8. The van der Waals surface area contributed by atoms with Gasteiger partial charge in [0.15, 0.2) is 6.61 Å². The number of rotatable bonds is 5. The molecule has 2 aromatic carbocycles. The van der Waals surface area contributed by atoms with Crippen molar-refractivity contribution in [2.45, 2.75) is 19.4 Å². The number of hydrogen-bond acceptors (Lipinski definition) is 4. The molecular formula is C19H19N3O4. The molecule has 0 aliphatic carbocycles. The maximum Gasteiger partial charge on any atom is 0.265 e. The van der Waals surface area contributed by atoms with Gasteiger partial charge in [0.1, 0.15) is 11.8 Å². The number of amides is 3. The number of nitrogens with two attached hydrogens (primary N) is 1. The third-order valence-electron chi connectivity index (χ3n) is 4.12. The summed E-state index contributed by atoms with van der Waals surface area (Å²) in [6, 6.07) is 13.3. The predicted octanol–water partition coefficient (Wildman–Crippen LogP) is 1.47. The second-order valence-electron chi connectivity index (χ2n) is 6.02. The van der Waals surface area contributed by atoms with Crippen molar-refractivity contribution in [2.75, 3.05) is 16.8 Å². The van der Waals surface area contributed by atoms with E-state index in [9.17, 15) is 14.4 Å². The number of primary amides is 1. The van der Waals surface area contributed by atoms with Crippen molar-refractivity contribution in [3.05, 3.63) is 54.1 Å². The molecule has 0 saturated carbocycles. The number of benzene rings is 2. The summed E-state index contributed by atoms with van der Waals surface area (Å²) in [6.45, 7) is 1.46. The summed E-state index contributed by atoms with van der Waals surface area (Å²) >= 11 is 0. The minimum Gasteiger partial charge on any atom is -0.484 e. The Hall–Kier alpha value is -3.35. The lowest BCUT2D eigenvalue weighted by molar-refractivity contribution is -0.124. The number of nitrogens with one attached hydrogen (secondary N) is 1. The summed E-state index contributed by atoms with van der Waals surface area (Å²) < 4.78 is 5.54. The van der Waals surface area contributed by atoms with E-state index in [1.807, 2.05) is 6.07 Å². The highest BCUT2D eigenvalue weighted by Gasteiger charge is 2.33. The number of carbonyl (C=O) groups excluding carboxylic acids is 3. The smallest absolute Gasteiger partial charge is 0.265 e. The van der Waals surface area contributed by atoms with E-state index < -0.39 is 11.9 Å². The van der Waals surface area contributed by atoms with Gasteiger partial charge in [0.05, 0.1) is 17.8 Å². The summed E-state index contributed by atoms with van der Waals surface area (Å²) in [7, 11) is 0. The van der Waals surface area contributed by atoms with Crippen LogP contribution in [0.1, 0.15) is 12.5 Å². The molecule has 7 nitrogen and oxygen atoms in total. The van der Waals surface area contributed by atoms with Gasteiger partial charge in [-0.15, -0.1) is 0 Å². The molecule has 3 rings (SSSR count). The van der Waals surface area contributed by atoms with Crippen molar-refractivity contribution in [2.24, 2.45) is 5.73 Å². The zero-order valence-electron chi connectivity index (χ0n) is 14.3. The zero-order valence-corrected chi connectivity index (χ0v) is 14.3. The zero-order chi connectivity index (χ0) is 18.7. The van der Waals surface area contributed by atoms with Crippen LogP contribution in [0.25, 0.3) is 0 Å². The first kappa shape index (κ1) is 17.5. The van der Waals surface area contributed by atoms with Gasteiger partial charge in [0, 0.05) is 0 Å². The molecule has 0 aromatic heterocycles. The number of fused-ring (bicyclic) bond motifs is 1. The van der Waals surface area contributed by atoms with Crippen LogP contribution in [0.4, 0.5) is 11.4 Å². The minimum atomic E-state index is -0.626. The Labute approximate surface area is 150 Å². The maximum absolute atomic E-state index is 12.7. The van der Waals surface area contributed by atoms with E-state index in [0.29, 0.717) is 17.1 Å². The van der Waals surface area contributed by atoms with Crippen molar-refractivity contribution < 1.29 is 19.1 Å². The maximum atomic E-state index is 12.7. The van der Waals surface area contributed by atoms with E-state index in [4.69, 9.17) is 10.5 Å². The van der Waals surface area contributed by atoms with Gasteiger partial charge in [-0.05, 0) is 36.8 Å². The van der Waals surface area contributed by atoms with Crippen LogP contribution in [0.15, 0.2) is 48.5 Å². The molecule has 0 bridgehead atoms. The molecule has 26 heavy (non-hydrogen) atoms. The van der Waals surface area contributed by atoms with E-state index in [-0.39, 0.29) is 24.8 Å². The first-order chi connectivity index (χ1) is 12.5. The first-order valence-electron chi connectivity index (χ1n) is 8.17.